The minimum absolute atomic E-state index is 0.0467. The highest BCUT2D eigenvalue weighted by Gasteiger charge is 2.32. The van der Waals surface area contributed by atoms with Gasteiger partial charge < -0.3 is 19.7 Å². The number of hydrogen-bond acceptors (Lipinski definition) is 6. The molecule has 4 rings (SSSR count). The fraction of sp³-hybridized carbons (Fsp3) is 0.333. The Kier molecular flexibility index (Phi) is 5.78. The average molecular weight is 408 g/mol. The van der Waals surface area contributed by atoms with Crippen molar-refractivity contribution in [2.75, 3.05) is 20.8 Å². The predicted octanol–water partition coefficient (Wildman–Crippen LogP) is 2.73. The molecule has 1 N–H and O–H groups in total. The van der Waals surface area contributed by atoms with E-state index >= 15 is 0 Å². The lowest BCUT2D eigenvalue weighted by molar-refractivity contribution is 0.191. The summed E-state index contributed by atoms with van der Waals surface area (Å²) in [5, 5.41) is 7.16. The van der Waals surface area contributed by atoms with Crippen LogP contribution in [0.15, 0.2) is 49.2 Å². The van der Waals surface area contributed by atoms with Crippen LogP contribution in [0.3, 0.4) is 0 Å². The van der Waals surface area contributed by atoms with Gasteiger partial charge in [0.2, 0.25) is 0 Å². The van der Waals surface area contributed by atoms with E-state index in [1.165, 1.54) is 6.33 Å². The molecule has 0 radical (unpaired) electrons. The first-order chi connectivity index (χ1) is 14.7. The van der Waals surface area contributed by atoms with E-state index in [9.17, 15) is 4.79 Å². The molecule has 2 aromatic heterocycles. The van der Waals surface area contributed by atoms with Crippen LogP contribution in [0.2, 0.25) is 0 Å². The summed E-state index contributed by atoms with van der Waals surface area (Å²) in [5.41, 5.74) is 1.84. The Balaban J connectivity index is 1.49. The second-order valence-corrected chi connectivity index (χ2v) is 6.94. The minimum Gasteiger partial charge on any atom is -0.497 e. The molecule has 1 atom stereocenters. The Bertz CT molecular complexity index is 1010. The summed E-state index contributed by atoms with van der Waals surface area (Å²) in [7, 11) is 3.25. The molecular weight excluding hydrogens is 384 g/mol. The first-order valence-electron chi connectivity index (χ1n) is 9.76. The summed E-state index contributed by atoms with van der Waals surface area (Å²) in [5.74, 6) is 2.09. The van der Waals surface area contributed by atoms with Gasteiger partial charge in [-0.15, -0.1) is 0 Å². The van der Waals surface area contributed by atoms with Gasteiger partial charge in [-0.1, -0.05) is 6.07 Å². The standard InChI is InChI=1S/C21H24N6O3/c1-29-16-7-8-17(19(11-16)30-2)18-6-4-10-26(18)21(28)24-12-15-5-3-9-23-20(15)27-14-22-13-25-27/h3,5,7-9,11,13-14,18H,4,6,10,12H2,1-2H3,(H,24,28). The SMILES string of the molecule is COc1ccc(C2CCCN2C(=O)NCc2cccnc2-n2cncn2)c(OC)c1. The molecule has 1 fully saturated rings. The number of nitrogens with one attached hydrogen (secondary N) is 1. The fourth-order valence-electron chi connectivity index (χ4n) is 3.79. The maximum Gasteiger partial charge on any atom is 0.318 e. The largest absolute Gasteiger partial charge is 0.497 e. The number of aromatic nitrogens is 4. The quantitative estimate of drug-likeness (QED) is 0.674. The zero-order valence-electron chi connectivity index (χ0n) is 17.0. The van der Waals surface area contributed by atoms with Crippen molar-refractivity contribution in [3.63, 3.8) is 0 Å². The molecule has 1 aliphatic rings. The van der Waals surface area contributed by atoms with Crippen LogP contribution < -0.4 is 14.8 Å². The van der Waals surface area contributed by atoms with Crippen molar-refractivity contribution < 1.29 is 14.3 Å². The Hall–Kier alpha value is -3.62. The van der Waals surface area contributed by atoms with Gasteiger partial charge in [0, 0.05) is 36.5 Å². The Morgan fingerprint density at radius 2 is 2.17 bits per heavy atom. The zero-order chi connectivity index (χ0) is 20.9. The number of benzene rings is 1. The molecule has 1 aliphatic heterocycles. The van der Waals surface area contributed by atoms with Gasteiger partial charge in [-0.05, 0) is 31.0 Å². The molecule has 9 nitrogen and oxygen atoms in total. The number of carbonyl (C=O) groups excluding carboxylic acids is 1. The van der Waals surface area contributed by atoms with Crippen molar-refractivity contribution in [1.29, 1.82) is 0 Å². The number of ether oxygens (including phenoxy) is 2. The summed E-state index contributed by atoms with van der Waals surface area (Å²) >= 11 is 0. The van der Waals surface area contributed by atoms with Crippen molar-refractivity contribution in [1.82, 2.24) is 30.0 Å². The van der Waals surface area contributed by atoms with Crippen molar-refractivity contribution in [3.05, 3.63) is 60.3 Å². The van der Waals surface area contributed by atoms with Crippen LogP contribution in [-0.2, 0) is 6.54 Å². The molecule has 1 aromatic carbocycles. The third kappa shape index (κ3) is 3.91. The number of likely N-dealkylation sites (tertiary alicyclic amines) is 1. The second-order valence-electron chi connectivity index (χ2n) is 6.94. The van der Waals surface area contributed by atoms with Crippen LogP contribution in [0.5, 0.6) is 11.5 Å². The highest BCUT2D eigenvalue weighted by molar-refractivity contribution is 5.75. The summed E-state index contributed by atoms with van der Waals surface area (Å²) in [6.45, 7) is 1.03. The topological polar surface area (TPSA) is 94.4 Å². The van der Waals surface area contributed by atoms with Gasteiger partial charge in [-0.2, -0.15) is 5.10 Å². The lowest BCUT2D eigenvalue weighted by atomic mass is 10.0. The smallest absolute Gasteiger partial charge is 0.318 e. The number of rotatable bonds is 6. The van der Waals surface area contributed by atoms with E-state index in [1.54, 1.807) is 31.4 Å². The highest BCUT2D eigenvalue weighted by atomic mass is 16.5. The highest BCUT2D eigenvalue weighted by Crippen LogP contribution is 2.38. The lowest BCUT2D eigenvalue weighted by Crippen LogP contribution is -2.39. The van der Waals surface area contributed by atoms with Crippen LogP contribution in [0.1, 0.15) is 30.0 Å². The number of pyridine rings is 1. The molecule has 30 heavy (non-hydrogen) atoms. The molecule has 2 amide bonds. The summed E-state index contributed by atoms with van der Waals surface area (Å²) < 4.78 is 12.4. The van der Waals surface area contributed by atoms with Gasteiger partial charge in [-0.3, -0.25) is 0 Å². The maximum absolute atomic E-state index is 13.0. The summed E-state index contributed by atoms with van der Waals surface area (Å²) in [6, 6.07) is 9.30. The lowest BCUT2D eigenvalue weighted by Gasteiger charge is -2.27. The molecule has 3 heterocycles. The van der Waals surface area contributed by atoms with Gasteiger partial charge in [0.25, 0.3) is 0 Å². The van der Waals surface area contributed by atoms with Crippen molar-refractivity contribution in [3.8, 4) is 17.3 Å². The molecule has 3 aromatic rings. The first-order valence-corrected chi connectivity index (χ1v) is 9.76. The van der Waals surface area contributed by atoms with Crippen LogP contribution in [0.25, 0.3) is 5.82 Å². The van der Waals surface area contributed by atoms with Gasteiger partial charge in [0.1, 0.15) is 24.2 Å². The Labute approximate surface area is 174 Å². The zero-order valence-corrected chi connectivity index (χ0v) is 17.0. The first kappa shape index (κ1) is 19.7. The number of nitrogens with zero attached hydrogens (tertiary/aromatic N) is 5. The third-order valence-corrected chi connectivity index (χ3v) is 5.25. The average Bonchev–Trinajstić information content (AvgIpc) is 3.49. The van der Waals surface area contributed by atoms with Crippen molar-refractivity contribution in [2.24, 2.45) is 0 Å². The number of carbonyl (C=O) groups is 1. The van der Waals surface area contributed by atoms with E-state index in [-0.39, 0.29) is 12.1 Å². The van der Waals surface area contributed by atoms with Crippen molar-refractivity contribution >= 4 is 6.03 Å². The molecule has 0 saturated carbocycles. The van der Waals surface area contributed by atoms with Gasteiger partial charge in [0.15, 0.2) is 5.82 Å². The van der Waals surface area contributed by atoms with Gasteiger partial charge >= 0.3 is 6.03 Å². The van der Waals surface area contributed by atoms with E-state index in [2.05, 4.69) is 20.4 Å². The monoisotopic (exact) mass is 408 g/mol. The van der Waals surface area contributed by atoms with E-state index in [1.807, 2.05) is 35.2 Å². The summed E-state index contributed by atoms with van der Waals surface area (Å²) in [6.07, 6.45) is 6.54. The van der Waals surface area contributed by atoms with Crippen LogP contribution in [-0.4, -0.2) is 51.4 Å². The molecule has 1 saturated heterocycles. The van der Waals surface area contributed by atoms with E-state index in [4.69, 9.17) is 9.47 Å². The number of methoxy groups -OCH3 is 2. The van der Waals surface area contributed by atoms with Crippen LogP contribution in [0.4, 0.5) is 4.79 Å². The van der Waals surface area contributed by atoms with E-state index < -0.39 is 0 Å². The van der Waals surface area contributed by atoms with Gasteiger partial charge in [-0.25, -0.2) is 19.4 Å². The second kappa shape index (κ2) is 8.81. The van der Waals surface area contributed by atoms with Crippen LogP contribution in [0, 0.1) is 0 Å². The normalized spacial score (nSPS) is 15.8. The van der Waals surface area contributed by atoms with Crippen molar-refractivity contribution in [2.45, 2.75) is 25.4 Å². The Morgan fingerprint density at radius 1 is 1.27 bits per heavy atom. The molecule has 0 spiro atoms. The van der Waals surface area contributed by atoms with Gasteiger partial charge in [0.05, 0.1) is 20.3 Å². The number of urea groups is 1. The molecule has 1 unspecified atom stereocenters. The van der Waals surface area contributed by atoms with E-state index in [0.717, 1.165) is 35.5 Å². The summed E-state index contributed by atoms with van der Waals surface area (Å²) in [4.78, 5) is 23.2. The number of hydrogen-bond donors (Lipinski definition) is 1. The molecule has 156 valence electrons. The maximum atomic E-state index is 13.0. The minimum atomic E-state index is -0.122. The fourth-order valence-corrected chi connectivity index (χ4v) is 3.79. The van der Waals surface area contributed by atoms with E-state index in [0.29, 0.717) is 18.9 Å². The number of amides is 2. The molecule has 0 bridgehead atoms. The third-order valence-electron chi connectivity index (χ3n) is 5.25. The molecule has 9 heteroatoms. The van der Waals surface area contributed by atoms with Crippen LogP contribution >= 0.6 is 0 Å². The molecule has 0 aliphatic carbocycles. The predicted molar refractivity (Wildman–Crippen MR) is 110 cm³/mol. The molecular formula is C21H24N6O3. The Morgan fingerprint density at radius 3 is 2.93 bits per heavy atom.